The number of nitriles is 1. The molecule has 0 saturated carbocycles. The second-order valence-electron chi connectivity index (χ2n) is 4.53. The first-order chi connectivity index (χ1) is 8.65. The summed E-state index contributed by atoms with van der Waals surface area (Å²) < 4.78 is 0. The minimum atomic E-state index is -0.115. The summed E-state index contributed by atoms with van der Waals surface area (Å²) in [5.74, 6) is -0.115. The molecule has 0 aliphatic carbocycles. The average molecular weight is 263 g/mol. The number of thiophene rings is 1. The van der Waals surface area contributed by atoms with Gasteiger partial charge in [-0.3, -0.25) is 9.69 Å². The summed E-state index contributed by atoms with van der Waals surface area (Å²) in [6.07, 6.45) is 2.05. The van der Waals surface area contributed by atoms with Gasteiger partial charge in [0.2, 0.25) is 5.91 Å². The molecule has 1 N–H and O–H groups in total. The Morgan fingerprint density at radius 1 is 1.61 bits per heavy atom. The fourth-order valence-electron chi connectivity index (χ4n) is 2.33. The highest BCUT2D eigenvalue weighted by Gasteiger charge is 2.24. The third-order valence-electron chi connectivity index (χ3n) is 3.08. The van der Waals surface area contributed by atoms with E-state index in [9.17, 15) is 10.1 Å². The third kappa shape index (κ3) is 2.55. The van der Waals surface area contributed by atoms with E-state index in [2.05, 4.69) is 23.2 Å². The molecule has 2 heterocycles. The molecular weight excluding hydrogens is 246 g/mol. The second kappa shape index (κ2) is 5.51. The van der Waals surface area contributed by atoms with Crippen molar-refractivity contribution >= 4 is 22.2 Å². The molecule has 0 fully saturated rings. The van der Waals surface area contributed by atoms with E-state index in [0.29, 0.717) is 10.6 Å². The summed E-state index contributed by atoms with van der Waals surface area (Å²) >= 11 is 1.55. The van der Waals surface area contributed by atoms with E-state index in [4.69, 9.17) is 0 Å². The molecule has 0 bridgehead atoms. The highest BCUT2D eigenvalue weighted by Crippen LogP contribution is 2.36. The van der Waals surface area contributed by atoms with Crippen LogP contribution in [0.4, 0.5) is 5.00 Å². The Hall–Kier alpha value is -1.38. The number of amides is 1. The van der Waals surface area contributed by atoms with E-state index in [0.717, 1.165) is 38.0 Å². The van der Waals surface area contributed by atoms with Crippen LogP contribution in [0.5, 0.6) is 0 Å². The molecule has 96 valence electrons. The Bertz CT molecular complexity index is 501. The molecule has 1 aliphatic rings. The lowest BCUT2D eigenvalue weighted by Gasteiger charge is -2.26. The van der Waals surface area contributed by atoms with E-state index in [1.54, 1.807) is 11.3 Å². The van der Waals surface area contributed by atoms with Crippen molar-refractivity contribution in [2.24, 2.45) is 0 Å². The van der Waals surface area contributed by atoms with Crippen molar-refractivity contribution in [1.82, 2.24) is 4.90 Å². The van der Waals surface area contributed by atoms with E-state index < -0.39 is 0 Å². The molecule has 2 rings (SSSR count). The first-order valence-corrected chi connectivity index (χ1v) is 7.02. The van der Waals surface area contributed by atoms with Crippen molar-refractivity contribution in [1.29, 1.82) is 5.26 Å². The first-order valence-electron chi connectivity index (χ1n) is 6.20. The maximum atomic E-state index is 11.1. The van der Waals surface area contributed by atoms with Crippen LogP contribution in [0.15, 0.2) is 0 Å². The zero-order chi connectivity index (χ0) is 13.1. The highest BCUT2D eigenvalue weighted by molar-refractivity contribution is 7.16. The lowest BCUT2D eigenvalue weighted by atomic mass is 10.0. The molecule has 0 saturated heterocycles. The Balaban J connectivity index is 2.28. The van der Waals surface area contributed by atoms with Gasteiger partial charge >= 0.3 is 0 Å². The zero-order valence-corrected chi connectivity index (χ0v) is 11.6. The van der Waals surface area contributed by atoms with Crippen molar-refractivity contribution in [3.05, 3.63) is 16.0 Å². The van der Waals surface area contributed by atoms with Crippen LogP contribution in [0.25, 0.3) is 0 Å². The van der Waals surface area contributed by atoms with Crippen LogP contribution in [0, 0.1) is 11.3 Å². The van der Waals surface area contributed by atoms with Crippen molar-refractivity contribution in [3.8, 4) is 6.07 Å². The van der Waals surface area contributed by atoms with Gasteiger partial charge in [0.1, 0.15) is 11.1 Å². The van der Waals surface area contributed by atoms with Gasteiger partial charge in [0, 0.05) is 24.9 Å². The van der Waals surface area contributed by atoms with Gasteiger partial charge in [0.25, 0.3) is 0 Å². The lowest BCUT2D eigenvalue weighted by Crippen LogP contribution is -2.30. The third-order valence-corrected chi connectivity index (χ3v) is 4.21. The number of hydrogen-bond donors (Lipinski definition) is 1. The van der Waals surface area contributed by atoms with E-state index in [-0.39, 0.29) is 5.91 Å². The fourth-order valence-corrected chi connectivity index (χ4v) is 3.62. The summed E-state index contributed by atoms with van der Waals surface area (Å²) in [6.45, 7) is 6.65. The number of hydrogen-bond acceptors (Lipinski definition) is 4. The minimum absolute atomic E-state index is 0.115. The predicted octanol–water partition coefficient (Wildman–Crippen LogP) is 2.35. The molecule has 18 heavy (non-hydrogen) atoms. The Morgan fingerprint density at radius 3 is 3.00 bits per heavy atom. The van der Waals surface area contributed by atoms with Gasteiger partial charge in [-0.2, -0.15) is 5.26 Å². The molecule has 5 heteroatoms. The second-order valence-corrected chi connectivity index (χ2v) is 5.63. The maximum absolute atomic E-state index is 11.1. The Morgan fingerprint density at radius 2 is 2.39 bits per heavy atom. The number of nitrogens with zero attached hydrogens (tertiary/aromatic N) is 2. The predicted molar refractivity (Wildman–Crippen MR) is 72.6 cm³/mol. The molecular formula is C13H17N3OS. The monoisotopic (exact) mass is 263 g/mol. The number of rotatable bonds is 3. The molecule has 0 spiro atoms. The van der Waals surface area contributed by atoms with Crippen LogP contribution in [-0.4, -0.2) is 23.9 Å². The number of anilines is 1. The van der Waals surface area contributed by atoms with Gasteiger partial charge in [-0.1, -0.05) is 6.92 Å². The molecule has 0 radical (unpaired) electrons. The SMILES string of the molecule is CCCN1CCc2c(sc(NC(C)=O)c2C#N)C1. The molecule has 0 atom stereocenters. The van der Waals surface area contributed by atoms with E-state index in [1.165, 1.54) is 11.8 Å². The quantitative estimate of drug-likeness (QED) is 0.910. The van der Waals surface area contributed by atoms with Crippen molar-refractivity contribution in [3.63, 3.8) is 0 Å². The summed E-state index contributed by atoms with van der Waals surface area (Å²) in [5.41, 5.74) is 1.81. The zero-order valence-electron chi connectivity index (χ0n) is 10.7. The van der Waals surface area contributed by atoms with Gasteiger partial charge in [-0.05, 0) is 24.9 Å². The number of fused-ring (bicyclic) bond motifs is 1. The van der Waals surface area contributed by atoms with Gasteiger partial charge in [-0.25, -0.2) is 0 Å². The van der Waals surface area contributed by atoms with Crippen LogP contribution in [0.3, 0.4) is 0 Å². The van der Waals surface area contributed by atoms with Crippen LogP contribution >= 0.6 is 11.3 Å². The number of carbonyl (C=O) groups is 1. The standard InChI is InChI=1S/C13H17N3OS/c1-3-5-16-6-4-10-11(7-14)13(15-9(2)17)18-12(10)8-16/h3-6,8H2,1-2H3,(H,15,17). The summed E-state index contributed by atoms with van der Waals surface area (Å²) in [4.78, 5) is 14.8. The number of carbonyl (C=O) groups excluding carboxylic acids is 1. The normalized spacial score (nSPS) is 14.9. The summed E-state index contributed by atoms with van der Waals surface area (Å²) in [6, 6.07) is 2.23. The van der Waals surface area contributed by atoms with Crippen LogP contribution in [-0.2, 0) is 17.8 Å². The Kier molecular flexibility index (Phi) is 4.00. The van der Waals surface area contributed by atoms with Crippen LogP contribution in [0.2, 0.25) is 0 Å². The topological polar surface area (TPSA) is 56.1 Å². The van der Waals surface area contributed by atoms with Gasteiger partial charge in [-0.15, -0.1) is 11.3 Å². The fraction of sp³-hybridized carbons (Fsp3) is 0.538. The van der Waals surface area contributed by atoms with Gasteiger partial charge in [0.05, 0.1) is 5.56 Å². The van der Waals surface area contributed by atoms with E-state index >= 15 is 0 Å². The van der Waals surface area contributed by atoms with Crippen molar-refractivity contribution in [2.75, 3.05) is 18.4 Å². The van der Waals surface area contributed by atoms with Gasteiger partial charge in [0.15, 0.2) is 0 Å². The Labute approximate surface area is 111 Å². The van der Waals surface area contributed by atoms with Crippen LogP contribution < -0.4 is 5.32 Å². The molecule has 1 aliphatic heterocycles. The molecule has 1 aromatic rings. The van der Waals surface area contributed by atoms with E-state index in [1.807, 2.05) is 0 Å². The lowest BCUT2D eigenvalue weighted by molar-refractivity contribution is -0.114. The van der Waals surface area contributed by atoms with Gasteiger partial charge < -0.3 is 5.32 Å². The smallest absolute Gasteiger partial charge is 0.221 e. The van der Waals surface area contributed by atoms with Crippen molar-refractivity contribution in [2.45, 2.75) is 33.2 Å². The largest absolute Gasteiger partial charge is 0.317 e. The summed E-state index contributed by atoms with van der Waals surface area (Å²) in [7, 11) is 0. The maximum Gasteiger partial charge on any atom is 0.221 e. The van der Waals surface area contributed by atoms with Crippen LogP contribution in [0.1, 0.15) is 36.3 Å². The summed E-state index contributed by atoms with van der Waals surface area (Å²) in [5, 5.41) is 12.7. The number of nitrogens with one attached hydrogen (secondary N) is 1. The first kappa shape index (κ1) is 13.1. The minimum Gasteiger partial charge on any atom is -0.317 e. The molecule has 4 nitrogen and oxygen atoms in total. The molecule has 1 aromatic heterocycles. The molecule has 0 unspecified atom stereocenters. The average Bonchev–Trinajstić information content (AvgIpc) is 2.64. The molecule has 0 aromatic carbocycles. The highest BCUT2D eigenvalue weighted by atomic mass is 32.1. The van der Waals surface area contributed by atoms with Crippen molar-refractivity contribution < 1.29 is 4.79 Å². The molecule has 1 amide bonds.